The van der Waals surface area contributed by atoms with Crippen LogP contribution in [0.15, 0.2) is 48.5 Å². The Kier molecular flexibility index (Phi) is 5.25. The van der Waals surface area contributed by atoms with Crippen molar-refractivity contribution in [1.82, 2.24) is 10.2 Å². The minimum Gasteiger partial charge on any atom is -0.497 e. The fraction of sp³-hybridized carbons (Fsp3) is 0.455. The van der Waals surface area contributed by atoms with Crippen LogP contribution in [-0.4, -0.2) is 50.3 Å². The molecule has 0 radical (unpaired) electrons. The van der Waals surface area contributed by atoms with Crippen LogP contribution >= 0.6 is 0 Å². The molecule has 1 heterocycles. The summed E-state index contributed by atoms with van der Waals surface area (Å²) < 4.78 is 5.32. The van der Waals surface area contributed by atoms with Crippen LogP contribution in [0, 0.1) is 0 Å². The fourth-order valence-electron chi connectivity index (χ4n) is 3.99. The van der Waals surface area contributed by atoms with Gasteiger partial charge in [0.2, 0.25) is 0 Å². The SMILES string of the molecule is COc1cccc(-c2ccc(C3CC3NCCN3CC[C@@H](N)C3)cc2)c1. The first-order chi connectivity index (χ1) is 12.7. The molecule has 4 nitrogen and oxygen atoms in total. The van der Waals surface area contributed by atoms with Crippen LogP contribution in [0.3, 0.4) is 0 Å². The van der Waals surface area contributed by atoms with Crippen molar-refractivity contribution >= 4 is 0 Å². The van der Waals surface area contributed by atoms with Crippen molar-refractivity contribution in [2.24, 2.45) is 5.73 Å². The van der Waals surface area contributed by atoms with E-state index in [1.165, 1.54) is 23.1 Å². The van der Waals surface area contributed by atoms with Gasteiger partial charge in [0, 0.05) is 37.6 Å². The lowest BCUT2D eigenvalue weighted by Crippen LogP contribution is -2.33. The molecule has 3 N–H and O–H groups in total. The van der Waals surface area contributed by atoms with Crippen molar-refractivity contribution in [3.8, 4) is 16.9 Å². The summed E-state index contributed by atoms with van der Waals surface area (Å²) in [6.45, 7) is 4.39. The molecule has 2 aromatic rings. The highest BCUT2D eigenvalue weighted by molar-refractivity contribution is 5.65. The maximum absolute atomic E-state index is 5.97. The molecule has 0 aromatic heterocycles. The molecule has 2 aliphatic rings. The number of likely N-dealkylation sites (tertiary alicyclic amines) is 1. The highest BCUT2D eigenvalue weighted by Gasteiger charge is 2.37. The third kappa shape index (κ3) is 4.09. The summed E-state index contributed by atoms with van der Waals surface area (Å²) in [4.78, 5) is 2.47. The van der Waals surface area contributed by atoms with E-state index >= 15 is 0 Å². The van der Waals surface area contributed by atoms with Crippen LogP contribution in [0.4, 0.5) is 0 Å². The normalized spacial score (nSPS) is 25.4. The van der Waals surface area contributed by atoms with Gasteiger partial charge in [0.15, 0.2) is 0 Å². The van der Waals surface area contributed by atoms with E-state index in [-0.39, 0.29) is 0 Å². The minimum absolute atomic E-state index is 0.381. The summed E-state index contributed by atoms with van der Waals surface area (Å²) >= 11 is 0. The van der Waals surface area contributed by atoms with Crippen molar-refractivity contribution in [3.05, 3.63) is 54.1 Å². The molecule has 1 aliphatic carbocycles. The highest BCUT2D eigenvalue weighted by Crippen LogP contribution is 2.41. The zero-order valence-electron chi connectivity index (χ0n) is 15.5. The van der Waals surface area contributed by atoms with Gasteiger partial charge in [-0.25, -0.2) is 0 Å². The highest BCUT2D eigenvalue weighted by atomic mass is 16.5. The van der Waals surface area contributed by atoms with Crippen LogP contribution in [-0.2, 0) is 0 Å². The monoisotopic (exact) mass is 351 g/mol. The molecular weight excluding hydrogens is 322 g/mol. The quantitative estimate of drug-likeness (QED) is 0.805. The number of nitrogens with one attached hydrogen (secondary N) is 1. The first-order valence-electron chi connectivity index (χ1n) is 9.68. The maximum atomic E-state index is 5.97. The number of rotatable bonds is 7. The van der Waals surface area contributed by atoms with Gasteiger partial charge < -0.3 is 20.7 Å². The number of hydrogen-bond acceptors (Lipinski definition) is 4. The van der Waals surface area contributed by atoms with E-state index in [0.717, 1.165) is 38.3 Å². The average molecular weight is 351 g/mol. The number of benzene rings is 2. The van der Waals surface area contributed by atoms with Crippen LogP contribution in [0.5, 0.6) is 5.75 Å². The Balaban J connectivity index is 1.28. The lowest BCUT2D eigenvalue weighted by atomic mass is 10.0. The predicted octanol–water partition coefficient (Wildman–Crippen LogP) is 2.84. The molecule has 0 bridgehead atoms. The second-order valence-corrected chi connectivity index (χ2v) is 7.61. The van der Waals surface area contributed by atoms with Gasteiger partial charge >= 0.3 is 0 Å². The van der Waals surface area contributed by atoms with Crippen LogP contribution in [0.25, 0.3) is 11.1 Å². The molecular formula is C22H29N3O. The van der Waals surface area contributed by atoms with Gasteiger partial charge in [-0.05, 0) is 48.2 Å². The Labute approximate surface area is 156 Å². The number of nitrogens with zero attached hydrogens (tertiary/aromatic N) is 1. The van der Waals surface area contributed by atoms with Crippen LogP contribution in [0.1, 0.15) is 24.3 Å². The zero-order valence-corrected chi connectivity index (χ0v) is 15.5. The molecule has 1 saturated heterocycles. The minimum atomic E-state index is 0.381. The smallest absolute Gasteiger partial charge is 0.119 e. The third-order valence-corrected chi connectivity index (χ3v) is 5.68. The summed E-state index contributed by atoms with van der Waals surface area (Å²) in [7, 11) is 1.71. The average Bonchev–Trinajstić information content (AvgIpc) is 3.34. The Hall–Kier alpha value is -1.88. The molecule has 1 saturated carbocycles. The molecule has 0 spiro atoms. The number of ether oxygens (including phenoxy) is 1. The van der Waals surface area contributed by atoms with Crippen molar-refractivity contribution in [2.75, 3.05) is 33.3 Å². The zero-order chi connectivity index (χ0) is 17.9. The molecule has 4 rings (SSSR count). The van der Waals surface area contributed by atoms with E-state index in [9.17, 15) is 0 Å². The van der Waals surface area contributed by atoms with Gasteiger partial charge in [0.25, 0.3) is 0 Å². The van der Waals surface area contributed by atoms with Gasteiger partial charge in [-0.1, -0.05) is 36.4 Å². The van der Waals surface area contributed by atoms with E-state index in [0.29, 0.717) is 18.0 Å². The summed E-state index contributed by atoms with van der Waals surface area (Å²) in [5.74, 6) is 1.56. The van der Waals surface area contributed by atoms with E-state index in [1.54, 1.807) is 7.11 Å². The Morgan fingerprint density at radius 2 is 2.00 bits per heavy atom. The molecule has 0 amide bonds. The molecule has 2 aromatic carbocycles. The molecule has 26 heavy (non-hydrogen) atoms. The van der Waals surface area contributed by atoms with Gasteiger partial charge in [-0.2, -0.15) is 0 Å². The lowest BCUT2D eigenvalue weighted by Gasteiger charge is -2.15. The molecule has 1 aliphatic heterocycles. The molecule has 3 atom stereocenters. The van der Waals surface area contributed by atoms with E-state index in [2.05, 4.69) is 46.6 Å². The van der Waals surface area contributed by atoms with Crippen LogP contribution < -0.4 is 15.8 Å². The number of methoxy groups -OCH3 is 1. The Morgan fingerprint density at radius 3 is 2.73 bits per heavy atom. The van der Waals surface area contributed by atoms with Crippen molar-refractivity contribution in [1.29, 1.82) is 0 Å². The maximum Gasteiger partial charge on any atom is 0.119 e. The van der Waals surface area contributed by atoms with Crippen molar-refractivity contribution in [2.45, 2.75) is 30.8 Å². The topological polar surface area (TPSA) is 50.5 Å². The number of nitrogens with two attached hydrogens (primary N) is 1. The van der Waals surface area contributed by atoms with E-state index < -0.39 is 0 Å². The summed E-state index contributed by atoms with van der Waals surface area (Å²) in [5.41, 5.74) is 9.85. The molecule has 2 fully saturated rings. The van der Waals surface area contributed by atoms with Crippen molar-refractivity contribution in [3.63, 3.8) is 0 Å². The van der Waals surface area contributed by atoms with E-state index in [4.69, 9.17) is 10.5 Å². The number of hydrogen-bond donors (Lipinski definition) is 2. The third-order valence-electron chi connectivity index (χ3n) is 5.68. The largest absolute Gasteiger partial charge is 0.497 e. The first kappa shape index (κ1) is 17.5. The Morgan fingerprint density at radius 1 is 1.15 bits per heavy atom. The van der Waals surface area contributed by atoms with Gasteiger partial charge in [0.05, 0.1) is 7.11 Å². The Bertz CT molecular complexity index is 730. The summed E-state index contributed by atoms with van der Waals surface area (Å²) in [5, 5.41) is 3.71. The van der Waals surface area contributed by atoms with Crippen molar-refractivity contribution < 1.29 is 4.74 Å². The van der Waals surface area contributed by atoms with E-state index in [1.807, 2.05) is 12.1 Å². The summed E-state index contributed by atoms with van der Waals surface area (Å²) in [6.07, 6.45) is 2.39. The summed E-state index contributed by atoms with van der Waals surface area (Å²) in [6, 6.07) is 18.3. The van der Waals surface area contributed by atoms with Gasteiger partial charge in [-0.3, -0.25) is 0 Å². The molecule has 2 unspecified atom stereocenters. The second-order valence-electron chi connectivity index (χ2n) is 7.61. The fourth-order valence-corrected chi connectivity index (χ4v) is 3.99. The van der Waals surface area contributed by atoms with Crippen LogP contribution in [0.2, 0.25) is 0 Å². The van der Waals surface area contributed by atoms with Gasteiger partial charge in [0.1, 0.15) is 5.75 Å². The standard InChI is InChI=1S/C22H29N3O/c1-26-20-4-2-3-18(13-20)16-5-7-17(8-6-16)21-14-22(21)24-10-12-25-11-9-19(23)15-25/h2-8,13,19,21-22,24H,9-12,14-15,23H2,1H3/t19-,21?,22?/m1/s1. The lowest BCUT2D eigenvalue weighted by molar-refractivity contribution is 0.331. The molecule has 138 valence electrons. The first-order valence-corrected chi connectivity index (χ1v) is 9.68. The second kappa shape index (κ2) is 7.78. The predicted molar refractivity (Wildman–Crippen MR) is 107 cm³/mol. The molecule has 4 heteroatoms. The van der Waals surface area contributed by atoms with Gasteiger partial charge in [-0.15, -0.1) is 0 Å².